The summed E-state index contributed by atoms with van der Waals surface area (Å²) < 4.78 is 19.7. The summed E-state index contributed by atoms with van der Waals surface area (Å²) in [6.45, 7) is 1.000. The molecule has 2 atom stereocenters. The highest BCUT2D eigenvalue weighted by molar-refractivity contribution is 7.99. The second kappa shape index (κ2) is 9.66. The number of hydrogen-bond donors (Lipinski definition) is 1. The van der Waals surface area contributed by atoms with Crippen LogP contribution in [0.1, 0.15) is 41.2 Å². The zero-order chi connectivity index (χ0) is 23.7. The Hall–Kier alpha value is -3.06. The molecule has 0 unspecified atom stereocenters. The maximum atomic E-state index is 14.2. The Morgan fingerprint density at radius 2 is 1.88 bits per heavy atom. The number of fused-ring (bicyclic) bond motifs is 2. The first-order valence-corrected chi connectivity index (χ1v) is 12.6. The van der Waals surface area contributed by atoms with Crippen LogP contribution in [-0.2, 0) is 4.79 Å². The average Bonchev–Trinajstić information content (AvgIpc) is 2.88. The number of benzene rings is 3. The van der Waals surface area contributed by atoms with Gasteiger partial charge in [0.1, 0.15) is 11.6 Å². The number of methoxy groups -OCH3 is 1. The number of likely N-dealkylation sites (tertiary alicyclic amines) is 1. The molecule has 5 rings (SSSR count). The predicted octanol–water partition coefficient (Wildman–Crippen LogP) is 5.19. The number of hydrogen-bond acceptors (Lipinski definition) is 4. The molecule has 0 bridgehead atoms. The molecule has 2 amide bonds. The SMILES string of the molecule is COc1ccc(C(=O)N2CCC[C@H](C(=O)N[C@H]3CCSc4c(F)cccc43)C2)c2ccccc12. The standard InChI is InChI=1S/C27H27FN2O3S/c1-33-24-12-11-20(18-7-2-3-8-19(18)24)27(32)30-14-5-6-17(16-30)26(31)29-23-13-15-34-25-21(23)9-4-10-22(25)28/h2-4,7-12,17,23H,5-6,13-16H2,1H3,(H,29,31)/t17-,23-/m0/s1. The third-order valence-electron chi connectivity index (χ3n) is 6.76. The van der Waals surface area contributed by atoms with Crippen LogP contribution in [0.15, 0.2) is 59.5 Å². The van der Waals surface area contributed by atoms with Crippen LogP contribution in [0.2, 0.25) is 0 Å². The van der Waals surface area contributed by atoms with Crippen LogP contribution < -0.4 is 10.1 Å². The maximum absolute atomic E-state index is 14.2. The largest absolute Gasteiger partial charge is 0.496 e. The lowest BCUT2D eigenvalue weighted by Gasteiger charge is -2.34. The lowest BCUT2D eigenvalue weighted by atomic mass is 9.94. The monoisotopic (exact) mass is 478 g/mol. The van der Waals surface area contributed by atoms with Crippen molar-refractivity contribution in [2.45, 2.75) is 30.2 Å². The van der Waals surface area contributed by atoms with Crippen LogP contribution in [-0.4, -0.2) is 42.7 Å². The molecule has 1 N–H and O–H groups in total. The van der Waals surface area contributed by atoms with Crippen molar-refractivity contribution in [3.8, 4) is 5.75 Å². The summed E-state index contributed by atoms with van der Waals surface area (Å²) in [6.07, 6.45) is 2.26. The third-order valence-corrected chi connectivity index (χ3v) is 7.92. The third kappa shape index (κ3) is 4.25. The first-order chi connectivity index (χ1) is 16.6. The Morgan fingerprint density at radius 1 is 1.06 bits per heavy atom. The van der Waals surface area contributed by atoms with E-state index in [4.69, 9.17) is 4.74 Å². The molecule has 2 heterocycles. The quantitative estimate of drug-likeness (QED) is 0.561. The molecular weight excluding hydrogens is 451 g/mol. The number of amides is 2. The van der Waals surface area contributed by atoms with Gasteiger partial charge in [-0.3, -0.25) is 9.59 Å². The Labute approximate surface area is 202 Å². The van der Waals surface area contributed by atoms with E-state index in [1.165, 1.54) is 17.8 Å². The highest BCUT2D eigenvalue weighted by atomic mass is 32.2. The van der Waals surface area contributed by atoms with Gasteiger partial charge in [-0.1, -0.05) is 36.4 Å². The van der Waals surface area contributed by atoms with Gasteiger partial charge >= 0.3 is 0 Å². The van der Waals surface area contributed by atoms with Crippen LogP contribution in [0.3, 0.4) is 0 Å². The summed E-state index contributed by atoms with van der Waals surface area (Å²) in [5.41, 5.74) is 1.46. The Balaban J connectivity index is 1.32. The molecule has 2 aliphatic rings. The Morgan fingerprint density at radius 3 is 2.71 bits per heavy atom. The molecule has 2 aliphatic heterocycles. The first-order valence-electron chi connectivity index (χ1n) is 11.6. The molecule has 34 heavy (non-hydrogen) atoms. The van der Waals surface area contributed by atoms with E-state index in [-0.39, 0.29) is 29.6 Å². The van der Waals surface area contributed by atoms with E-state index < -0.39 is 0 Å². The summed E-state index contributed by atoms with van der Waals surface area (Å²) in [6, 6.07) is 16.2. The van der Waals surface area contributed by atoms with E-state index in [0.29, 0.717) is 23.5 Å². The molecule has 0 aromatic heterocycles. The second-order valence-electron chi connectivity index (χ2n) is 8.81. The van der Waals surface area contributed by atoms with Crippen molar-refractivity contribution in [2.75, 3.05) is 26.0 Å². The number of piperidine rings is 1. The van der Waals surface area contributed by atoms with Crippen molar-refractivity contribution < 1.29 is 18.7 Å². The predicted molar refractivity (Wildman–Crippen MR) is 132 cm³/mol. The molecule has 3 aromatic rings. The van der Waals surface area contributed by atoms with E-state index in [1.807, 2.05) is 36.4 Å². The van der Waals surface area contributed by atoms with Gasteiger partial charge in [0.2, 0.25) is 5.91 Å². The molecule has 5 nitrogen and oxygen atoms in total. The summed E-state index contributed by atoms with van der Waals surface area (Å²) in [5.74, 6) is 0.836. The number of nitrogens with zero attached hydrogens (tertiary/aromatic N) is 1. The number of carbonyl (C=O) groups excluding carboxylic acids is 2. The molecule has 0 saturated carbocycles. The topological polar surface area (TPSA) is 58.6 Å². The normalized spacial score (nSPS) is 20.0. The lowest BCUT2D eigenvalue weighted by Crippen LogP contribution is -2.46. The fraction of sp³-hybridized carbons (Fsp3) is 0.333. The molecule has 0 spiro atoms. The highest BCUT2D eigenvalue weighted by Crippen LogP contribution is 2.38. The van der Waals surface area contributed by atoms with Gasteiger partial charge in [-0.05, 0) is 48.4 Å². The van der Waals surface area contributed by atoms with Gasteiger partial charge in [0, 0.05) is 34.7 Å². The molecule has 0 aliphatic carbocycles. The van der Waals surface area contributed by atoms with Gasteiger partial charge in [0.15, 0.2) is 0 Å². The summed E-state index contributed by atoms with van der Waals surface area (Å²) in [7, 11) is 1.62. The van der Waals surface area contributed by atoms with Gasteiger partial charge < -0.3 is 15.0 Å². The summed E-state index contributed by atoms with van der Waals surface area (Å²) >= 11 is 1.50. The molecule has 1 saturated heterocycles. The smallest absolute Gasteiger partial charge is 0.254 e. The summed E-state index contributed by atoms with van der Waals surface area (Å²) in [5, 5.41) is 4.88. The first kappa shape index (κ1) is 22.7. The molecule has 7 heteroatoms. The van der Waals surface area contributed by atoms with E-state index in [2.05, 4.69) is 5.32 Å². The zero-order valence-electron chi connectivity index (χ0n) is 19.1. The minimum Gasteiger partial charge on any atom is -0.496 e. The lowest BCUT2D eigenvalue weighted by molar-refractivity contribution is -0.127. The number of ether oxygens (including phenoxy) is 1. The van der Waals surface area contributed by atoms with Gasteiger partial charge in [0.05, 0.1) is 19.1 Å². The van der Waals surface area contributed by atoms with Crippen molar-refractivity contribution in [1.29, 1.82) is 0 Å². The number of nitrogens with one attached hydrogen (secondary N) is 1. The fourth-order valence-electron chi connectivity index (χ4n) is 5.01. The van der Waals surface area contributed by atoms with Crippen molar-refractivity contribution in [1.82, 2.24) is 10.2 Å². The molecular formula is C27H27FN2O3S. The molecule has 0 radical (unpaired) electrons. The molecule has 3 aromatic carbocycles. The van der Waals surface area contributed by atoms with Crippen LogP contribution in [0, 0.1) is 11.7 Å². The number of carbonyl (C=O) groups is 2. The van der Waals surface area contributed by atoms with Crippen molar-refractivity contribution in [2.24, 2.45) is 5.92 Å². The van der Waals surface area contributed by atoms with Crippen molar-refractivity contribution >= 4 is 34.3 Å². The fourth-order valence-corrected chi connectivity index (χ4v) is 6.15. The zero-order valence-corrected chi connectivity index (χ0v) is 19.9. The second-order valence-corrected chi connectivity index (χ2v) is 9.91. The van der Waals surface area contributed by atoms with E-state index in [1.54, 1.807) is 24.1 Å². The number of thioether (sulfide) groups is 1. The van der Waals surface area contributed by atoms with E-state index in [9.17, 15) is 14.0 Å². The van der Waals surface area contributed by atoms with E-state index >= 15 is 0 Å². The number of rotatable bonds is 4. The Kier molecular flexibility index (Phi) is 6.46. The van der Waals surface area contributed by atoms with Gasteiger partial charge in [-0.25, -0.2) is 4.39 Å². The van der Waals surface area contributed by atoms with Crippen LogP contribution in [0.5, 0.6) is 5.75 Å². The maximum Gasteiger partial charge on any atom is 0.254 e. The average molecular weight is 479 g/mol. The Bertz CT molecular complexity index is 1250. The molecule has 176 valence electrons. The van der Waals surface area contributed by atoms with Gasteiger partial charge in [-0.15, -0.1) is 11.8 Å². The van der Waals surface area contributed by atoms with Gasteiger partial charge in [0.25, 0.3) is 5.91 Å². The van der Waals surface area contributed by atoms with Crippen LogP contribution in [0.25, 0.3) is 10.8 Å². The van der Waals surface area contributed by atoms with Crippen LogP contribution in [0.4, 0.5) is 4.39 Å². The van der Waals surface area contributed by atoms with Gasteiger partial charge in [-0.2, -0.15) is 0 Å². The highest BCUT2D eigenvalue weighted by Gasteiger charge is 2.32. The van der Waals surface area contributed by atoms with Crippen molar-refractivity contribution in [3.63, 3.8) is 0 Å². The summed E-state index contributed by atoms with van der Waals surface area (Å²) in [4.78, 5) is 29.1. The minimum atomic E-state index is -0.284. The van der Waals surface area contributed by atoms with Crippen molar-refractivity contribution in [3.05, 3.63) is 71.5 Å². The molecule has 1 fully saturated rings. The minimum absolute atomic E-state index is 0.0656. The van der Waals surface area contributed by atoms with E-state index in [0.717, 1.165) is 47.1 Å². The number of halogens is 1. The van der Waals surface area contributed by atoms with Crippen LogP contribution >= 0.6 is 11.8 Å².